The Morgan fingerprint density at radius 3 is 2.29 bits per heavy atom. The monoisotopic (exact) mass is 329 g/mol. The van der Waals surface area contributed by atoms with Gasteiger partial charge in [-0.1, -0.05) is 11.6 Å². The normalized spacial score (nSPS) is 22.0. The van der Waals surface area contributed by atoms with E-state index in [0.29, 0.717) is 37.5 Å². The SMILES string of the molecule is O=C1NCC2(CCN(S(=O)(=O)c3ccc(Cl)cc3)CC2)N1. The number of nitrogens with zero attached hydrogens (tertiary/aromatic N) is 1. The minimum Gasteiger partial charge on any atom is -0.336 e. The molecule has 0 aliphatic carbocycles. The van der Waals surface area contributed by atoms with Crippen LogP contribution >= 0.6 is 11.6 Å². The van der Waals surface area contributed by atoms with Gasteiger partial charge in [0.2, 0.25) is 10.0 Å². The average molecular weight is 330 g/mol. The summed E-state index contributed by atoms with van der Waals surface area (Å²) in [5, 5.41) is 6.14. The number of carbonyl (C=O) groups excluding carboxylic acids is 1. The van der Waals surface area contributed by atoms with Crippen molar-refractivity contribution >= 4 is 27.7 Å². The van der Waals surface area contributed by atoms with Crippen molar-refractivity contribution in [3.8, 4) is 0 Å². The van der Waals surface area contributed by atoms with Gasteiger partial charge in [0.25, 0.3) is 0 Å². The number of urea groups is 1. The number of rotatable bonds is 2. The first-order valence-electron chi connectivity index (χ1n) is 6.73. The number of hydrogen-bond acceptors (Lipinski definition) is 3. The van der Waals surface area contributed by atoms with Crippen LogP contribution in [0.3, 0.4) is 0 Å². The van der Waals surface area contributed by atoms with Gasteiger partial charge in [0.1, 0.15) is 0 Å². The number of carbonyl (C=O) groups is 1. The summed E-state index contributed by atoms with van der Waals surface area (Å²) in [5.41, 5.74) is -0.302. The molecular formula is C13H16ClN3O3S. The van der Waals surface area contributed by atoms with Gasteiger partial charge in [0, 0.05) is 24.7 Å². The van der Waals surface area contributed by atoms with E-state index in [4.69, 9.17) is 11.6 Å². The third kappa shape index (κ3) is 2.73. The van der Waals surface area contributed by atoms with Crippen LogP contribution < -0.4 is 10.6 Å². The van der Waals surface area contributed by atoms with Crippen LogP contribution in [0.25, 0.3) is 0 Å². The zero-order valence-electron chi connectivity index (χ0n) is 11.3. The van der Waals surface area contributed by atoms with Crippen LogP contribution in [0.1, 0.15) is 12.8 Å². The fourth-order valence-electron chi connectivity index (χ4n) is 2.79. The summed E-state index contributed by atoms with van der Waals surface area (Å²) in [6.07, 6.45) is 1.22. The maximum atomic E-state index is 12.5. The highest BCUT2D eigenvalue weighted by molar-refractivity contribution is 7.89. The zero-order chi connectivity index (χ0) is 15.1. The fraction of sp³-hybridized carbons (Fsp3) is 0.462. The summed E-state index contributed by atoms with van der Waals surface area (Å²) in [7, 11) is -3.50. The lowest BCUT2D eigenvalue weighted by Gasteiger charge is -2.37. The largest absolute Gasteiger partial charge is 0.336 e. The van der Waals surface area contributed by atoms with Crippen LogP contribution in [-0.4, -0.2) is 43.9 Å². The van der Waals surface area contributed by atoms with Crippen molar-refractivity contribution in [2.24, 2.45) is 0 Å². The van der Waals surface area contributed by atoms with Gasteiger partial charge in [-0.05, 0) is 37.1 Å². The Bertz CT molecular complexity index is 652. The van der Waals surface area contributed by atoms with Gasteiger partial charge in [-0.25, -0.2) is 13.2 Å². The van der Waals surface area contributed by atoms with Gasteiger partial charge in [-0.2, -0.15) is 4.31 Å². The molecule has 2 aliphatic heterocycles. The third-order valence-electron chi connectivity index (χ3n) is 4.10. The second-order valence-electron chi connectivity index (χ2n) is 5.45. The highest BCUT2D eigenvalue weighted by Crippen LogP contribution is 2.28. The van der Waals surface area contributed by atoms with E-state index in [1.807, 2.05) is 0 Å². The van der Waals surface area contributed by atoms with E-state index in [0.717, 1.165) is 0 Å². The lowest BCUT2D eigenvalue weighted by molar-refractivity contribution is 0.216. The fourth-order valence-corrected chi connectivity index (χ4v) is 4.36. The van der Waals surface area contributed by atoms with Crippen molar-refractivity contribution < 1.29 is 13.2 Å². The first-order valence-corrected chi connectivity index (χ1v) is 8.55. The number of halogens is 1. The van der Waals surface area contributed by atoms with Crippen LogP contribution in [0.15, 0.2) is 29.2 Å². The quantitative estimate of drug-likeness (QED) is 0.855. The molecule has 2 amide bonds. The number of hydrogen-bond donors (Lipinski definition) is 2. The molecule has 1 aromatic carbocycles. The number of amides is 2. The van der Waals surface area contributed by atoms with E-state index in [1.54, 1.807) is 12.1 Å². The molecule has 1 spiro atoms. The van der Waals surface area contributed by atoms with Gasteiger partial charge >= 0.3 is 6.03 Å². The van der Waals surface area contributed by atoms with E-state index in [1.165, 1.54) is 16.4 Å². The molecular weight excluding hydrogens is 314 g/mol. The van der Waals surface area contributed by atoms with Crippen molar-refractivity contribution in [1.29, 1.82) is 0 Å². The third-order valence-corrected chi connectivity index (χ3v) is 6.26. The first kappa shape index (κ1) is 14.6. The molecule has 8 heteroatoms. The maximum absolute atomic E-state index is 12.5. The van der Waals surface area contributed by atoms with E-state index >= 15 is 0 Å². The first-order chi connectivity index (χ1) is 9.91. The molecule has 0 atom stereocenters. The van der Waals surface area contributed by atoms with Gasteiger partial charge in [0.15, 0.2) is 0 Å². The minimum atomic E-state index is -3.50. The lowest BCUT2D eigenvalue weighted by Crippen LogP contribution is -2.53. The van der Waals surface area contributed by atoms with Gasteiger partial charge in [0.05, 0.1) is 10.4 Å². The summed E-state index contributed by atoms with van der Waals surface area (Å²) in [6, 6.07) is 5.99. The smallest absolute Gasteiger partial charge is 0.315 e. The van der Waals surface area contributed by atoms with Crippen molar-refractivity contribution in [1.82, 2.24) is 14.9 Å². The molecule has 0 unspecified atom stereocenters. The molecule has 1 aromatic rings. The molecule has 2 fully saturated rings. The summed E-state index contributed by atoms with van der Waals surface area (Å²) < 4.78 is 26.6. The molecule has 0 bridgehead atoms. The Kier molecular flexibility index (Phi) is 3.59. The Morgan fingerprint density at radius 2 is 1.76 bits per heavy atom. The molecule has 3 rings (SSSR count). The van der Waals surface area contributed by atoms with Gasteiger partial charge in [-0.3, -0.25) is 0 Å². The predicted octanol–water partition coefficient (Wildman–Crippen LogP) is 1.18. The lowest BCUT2D eigenvalue weighted by atomic mass is 9.90. The van der Waals surface area contributed by atoms with E-state index in [9.17, 15) is 13.2 Å². The minimum absolute atomic E-state index is 0.177. The summed E-state index contributed by atoms with van der Waals surface area (Å²) in [6.45, 7) is 1.35. The average Bonchev–Trinajstić information content (AvgIpc) is 2.81. The van der Waals surface area contributed by atoms with E-state index < -0.39 is 10.0 Å². The molecule has 2 N–H and O–H groups in total. The molecule has 6 nitrogen and oxygen atoms in total. The molecule has 2 aliphatic rings. The summed E-state index contributed by atoms with van der Waals surface area (Å²) in [4.78, 5) is 11.5. The van der Waals surface area contributed by atoms with Crippen LogP contribution in [0.2, 0.25) is 5.02 Å². The Balaban J connectivity index is 1.74. The number of benzene rings is 1. The number of piperidine rings is 1. The summed E-state index contributed by atoms with van der Waals surface area (Å²) in [5.74, 6) is 0. The van der Waals surface area contributed by atoms with Crippen LogP contribution in [-0.2, 0) is 10.0 Å². The van der Waals surface area contributed by atoms with Crippen LogP contribution in [0, 0.1) is 0 Å². The maximum Gasteiger partial charge on any atom is 0.315 e. The van der Waals surface area contributed by atoms with E-state index in [-0.39, 0.29) is 16.5 Å². The number of nitrogens with one attached hydrogen (secondary N) is 2. The molecule has 21 heavy (non-hydrogen) atoms. The Labute approximate surface area is 128 Å². The van der Waals surface area contributed by atoms with Crippen LogP contribution in [0.4, 0.5) is 4.79 Å². The number of sulfonamides is 1. The van der Waals surface area contributed by atoms with Gasteiger partial charge < -0.3 is 10.6 Å². The summed E-state index contributed by atoms with van der Waals surface area (Å²) >= 11 is 5.79. The molecule has 0 saturated carbocycles. The van der Waals surface area contributed by atoms with Gasteiger partial charge in [-0.15, -0.1) is 0 Å². The molecule has 0 radical (unpaired) electrons. The molecule has 2 heterocycles. The van der Waals surface area contributed by atoms with Crippen LogP contribution in [0.5, 0.6) is 0 Å². The van der Waals surface area contributed by atoms with Crippen molar-refractivity contribution in [3.05, 3.63) is 29.3 Å². The molecule has 0 aromatic heterocycles. The predicted molar refractivity (Wildman–Crippen MR) is 78.7 cm³/mol. The zero-order valence-corrected chi connectivity index (χ0v) is 12.9. The van der Waals surface area contributed by atoms with Crippen molar-refractivity contribution in [2.45, 2.75) is 23.3 Å². The highest BCUT2D eigenvalue weighted by Gasteiger charge is 2.42. The van der Waals surface area contributed by atoms with Crippen molar-refractivity contribution in [2.75, 3.05) is 19.6 Å². The standard InChI is InChI=1S/C13H16ClN3O3S/c14-10-1-3-11(4-2-10)21(19,20)17-7-5-13(6-8-17)9-15-12(18)16-13/h1-4H,5-9H2,(H2,15,16,18). The van der Waals surface area contributed by atoms with E-state index in [2.05, 4.69) is 10.6 Å². The topological polar surface area (TPSA) is 78.5 Å². The Hall–Kier alpha value is -1.31. The molecule has 2 saturated heterocycles. The highest BCUT2D eigenvalue weighted by atomic mass is 35.5. The second-order valence-corrected chi connectivity index (χ2v) is 7.82. The molecule has 114 valence electrons. The second kappa shape index (κ2) is 5.15. The van der Waals surface area contributed by atoms with Crippen molar-refractivity contribution in [3.63, 3.8) is 0 Å². The Morgan fingerprint density at radius 1 is 1.14 bits per heavy atom.